The van der Waals surface area contributed by atoms with Crippen LogP contribution in [0.1, 0.15) is 0 Å². The van der Waals surface area contributed by atoms with E-state index in [2.05, 4.69) is 31.0 Å². The number of anilines is 1. The molecule has 0 spiro atoms. The number of rotatable bonds is 1. The van der Waals surface area contributed by atoms with Crippen LogP contribution in [-0.2, 0) is 0 Å². The minimum Gasteiger partial charge on any atom is -0.366 e. The molecule has 2 N–H and O–H groups in total. The number of hydrogen-bond acceptors (Lipinski definition) is 4. The number of aromatic nitrogens is 4. The molecule has 5 nitrogen and oxygen atoms in total. The quantitative estimate of drug-likeness (QED) is 0.749. The Kier molecular flexibility index (Phi) is 2.48. The van der Waals surface area contributed by atoms with Gasteiger partial charge in [0, 0.05) is 17.8 Å². The lowest BCUT2D eigenvalue weighted by atomic mass is 10.2. The SMILES string of the molecule is Nc1nc2ccnc(-c3ccc(F)c(Br)c3)n2n1. The standard InChI is InChI=1S/C11H7BrFN5/c12-7-5-6(1-2-8(7)13)10-15-4-3-9-16-11(14)17-18(9)10/h1-5H,(H2,14,17). The summed E-state index contributed by atoms with van der Waals surface area (Å²) in [7, 11) is 0. The lowest BCUT2D eigenvalue weighted by Gasteiger charge is -2.03. The van der Waals surface area contributed by atoms with Crippen LogP contribution in [0.4, 0.5) is 10.3 Å². The van der Waals surface area contributed by atoms with Gasteiger partial charge in [-0.15, -0.1) is 5.10 Å². The lowest BCUT2D eigenvalue weighted by Crippen LogP contribution is -1.98. The van der Waals surface area contributed by atoms with Gasteiger partial charge in [-0.2, -0.15) is 9.50 Å². The van der Waals surface area contributed by atoms with Gasteiger partial charge in [-0.25, -0.2) is 9.37 Å². The van der Waals surface area contributed by atoms with Crippen molar-refractivity contribution in [1.82, 2.24) is 19.6 Å². The van der Waals surface area contributed by atoms with Gasteiger partial charge in [0.15, 0.2) is 11.5 Å². The summed E-state index contributed by atoms with van der Waals surface area (Å²) in [4.78, 5) is 8.27. The third kappa shape index (κ3) is 1.72. The molecule has 1 aromatic carbocycles. The molecule has 0 bridgehead atoms. The van der Waals surface area contributed by atoms with Gasteiger partial charge >= 0.3 is 0 Å². The van der Waals surface area contributed by atoms with E-state index in [0.29, 0.717) is 15.9 Å². The maximum Gasteiger partial charge on any atom is 0.240 e. The van der Waals surface area contributed by atoms with E-state index in [-0.39, 0.29) is 11.8 Å². The Bertz CT molecular complexity index is 739. The molecule has 0 aliphatic rings. The highest BCUT2D eigenvalue weighted by Crippen LogP contribution is 2.24. The molecule has 0 amide bonds. The fourth-order valence-corrected chi connectivity index (χ4v) is 2.04. The Morgan fingerprint density at radius 2 is 2.11 bits per heavy atom. The summed E-state index contributed by atoms with van der Waals surface area (Å²) >= 11 is 3.14. The van der Waals surface area contributed by atoms with Gasteiger partial charge in [0.05, 0.1) is 4.47 Å². The van der Waals surface area contributed by atoms with Crippen molar-refractivity contribution in [2.24, 2.45) is 0 Å². The van der Waals surface area contributed by atoms with Crippen LogP contribution >= 0.6 is 15.9 Å². The smallest absolute Gasteiger partial charge is 0.240 e. The Balaban J connectivity index is 2.27. The van der Waals surface area contributed by atoms with Crippen LogP contribution in [0.5, 0.6) is 0 Å². The summed E-state index contributed by atoms with van der Waals surface area (Å²) in [5.41, 5.74) is 6.87. The van der Waals surface area contributed by atoms with Gasteiger partial charge in [-0.05, 0) is 34.1 Å². The minimum absolute atomic E-state index is 0.172. The van der Waals surface area contributed by atoms with Crippen LogP contribution < -0.4 is 5.73 Å². The third-order valence-corrected chi connectivity index (χ3v) is 3.06. The third-order valence-electron chi connectivity index (χ3n) is 2.45. The molecule has 0 atom stereocenters. The van der Waals surface area contributed by atoms with Crippen molar-refractivity contribution >= 4 is 27.5 Å². The van der Waals surface area contributed by atoms with Crippen LogP contribution in [0.25, 0.3) is 17.0 Å². The van der Waals surface area contributed by atoms with E-state index in [1.807, 2.05) is 0 Å². The molecule has 7 heteroatoms. The first-order valence-electron chi connectivity index (χ1n) is 5.08. The highest BCUT2D eigenvalue weighted by atomic mass is 79.9. The predicted octanol–water partition coefficient (Wildman–Crippen LogP) is 2.28. The van der Waals surface area contributed by atoms with Crippen molar-refractivity contribution in [2.45, 2.75) is 0 Å². The van der Waals surface area contributed by atoms with Gasteiger partial charge in [0.25, 0.3) is 0 Å². The molecule has 0 unspecified atom stereocenters. The Morgan fingerprint density at radius 1 is 1.28 bits per heavy atom. The first kappa shape index (κ1) is 11.1. The van der Waals surface area contributed by atoms with Crippen molar-refractivity contribution < 1.29 is 4.39 Å². The Labute approximate surface area is 110 Å². The van der Waals surface area contributed by atoms with Gasteiger partial charge in [0.1, 0.15) is 5.82 Å². The molecule has 18 heavy (non-hydrogen) atoms. The first-order chi connectivity index (χ1) is 8.65. The zero-order chi connectivity index (χ0) is 12.7. The van der Waals surface area contributed by atoms with Crippen LogP contribution in [0.15, 0.2) is 34.9 Å². The summed E-state index contributed by atoms with van der Waals surface area (Å²) in [6, 6.07) is 6.32. The van der Waals surface area contributed by atoms with Crippen LogP contribution in [-0.4, -0.2) is 19.6 Å². The number of fused-ring (bicyclic) bond motifs is 1. The van der Waals surface area contributed by atoms with Gasteiger partial charge in [-0.1, -0.05) is 0 Å². The van der Waals surface area contributed by atoms with Crippen molar-refractivity contribution in [3.05, 3.63) is 40.8 Å². The molecule has 0 saturated carbocycles. The molecule has 0 aliphatic carbocycles. The molecule has 0 saturated heterocycles. The van der Waals surface area contributed by atoms with Crippen LogP contribution in [0.3, 0.4) is 0 Å². The van der Waals surface area contributed by atoms with Gasteiger partial charge in [0.2, 0.25) is 5.95 Å². The van der Waals surface area contributed by atoms with Crippen molar-refractivity contribution in [2.75, 3.05) is 5.73 Å². The second kappa shape index (κ2) is 4.02. The van der Waals surface area contributed by atoms with Crippen molar-refractivity contribution in [3.63, 3.8) is 0 Å². The van der Waals surface area contributed by atoms with E-state index < -0.39 is 0 Å². The summed E-state index contributed by atoms with van der Waals surface area (Å²) in [6.45, 7) is 0. The highest BCUT2D eigenvalue weighted by Gasteiger charge is 2.10. The number of nitrogens with two attached hydrogens (primary N) is 1. The second-order valence-corrected chi connectivity index (χ2v) is 4.49. The molecular formula is C11H7BrFN5. The maximum absolute atomic E-state index is 13.2. The molecule has 2 heterocycles. The van der Waals surface area contributed by atoms with Gasteiger partial charge in [-0.3, -0.25) is 0 Å². The minimum atomic E-state index is -0.330. The summed E-state index contributed by atoms with van der Waals surface area (Å²) in [6.07, 6.45) is 1.61. The normalized spacial score (nSPS) is 11.0. The van der Waals surface area contributed by atoms with E-state index in [4.69, 9.17) is 5.73 Å². The number of nitrogens with zero attached hydrogens (tertiary/aromatic N) is 4. The molecule has 3 rings (SSSR count). The van der Waals surface area contributed by atoms with E-state index in [0.717, 1.165) is 5.56 Å². The molecule has 2 aromatic heterocycles. The molecule has 0 fully saturated rings. The molecular weight excluding hydrogens is 301 g/mol. The lowest BCUT2D eigenvalue weighted by molar-refractivity contribution is 0.621. The van der Waals surface area contributed by atoms with Crippen molar-refractivity contribution in [3.8, 4) is 11.4 Å². The summed E-state index contributed by atoms with van der Waals surface area (Å²) in [5.74, 6) is 0.395. The van der Waals surface area contributed by atoms with E-state index in [1.54, 1.807) is 24.4 Å². The zero-order valence-corrected chi connectivity index (χ0v) is 10.6. The number of halogens is 2. The number of nitrogen functional groups attached to an aromatic ring is 1. The molecule has 0 radical (unpaired) electrons. The fourth-order valence-electron chi connectivity index (χ4n) is 1.67. The first-order valence-corrected chi connectivity index (χ1v) is 5.87. The number of hydrogen-bond donors (Lipinski definition) is 1. The molecule has 0 aliphatic heterocycles. The summed E-state index contributed by atoms with van der Waals surface area (Å²) < 4.78 is 15.1. The highest BCUT2D eigenvalue weighted by molar-refractivity contribution is 9.10. The van der Waals surface area contributed by atoms with E-state index in [9.17, 15) is 4.39 Å². The topological polar surface area (TPSA) is 69.1 Å². The molecule has 90 valence electrons. The summed E-state index contributed by atoms with van der Waals surface area (Å²) in [5, 5.41) is 4.05. The fraction of sp³-hybridized carbons (Fsp3) is 0. The maximum atomic E-state index is 13.2. The largest absolute Gasteiger partial charge is 0.366 e. The van der Waals surface area contributed by atoms with Gasteiger partial charge < -0.3 is 5.73 Å². The average molecular weight is 308 g/mol. The Morgan fingerprint density at radius 3 is 2.89 bits per heavy atom. The van der Waals surface area contributed by atoms with E-state index in [1.165, 1.54) is 10.6 Å². The zero-order valence-electron chi connectivity index (χ0n) is 9.01. The average Bonchev–Trinajstić information content (AvgIpc) is 2.72. The van der Waals surface area contributed by atoms with Crippen LogP contribution in [0.2, 0.25) is 0 Å². The monoisotopic (exact) mass is 307 g/mol. The Hall–Kier alpha value is -2.02. The van der Waals surface area contributed by atoms with Crippen molar-refractivity contribution in [1.29, 1.82) is 0 Å². The van der Waals surface area contributed by atoms with Crippen LogP contribution in [0, 0.1) is 5.82 Å². The second-order valence-electron chi connectivity index (χ2n) is 3.64. The number of benzene rings is 1. The molecule has 3 aromatic rings. The predicted molar refractivity (Wildman–Crippen MR) is 68.3 cm³/mol. The van der Waals surface area contributed by atoms with E-state index >= 15 is 0 Å².